The summed E-state index contributed by atoms with van der Waals surface area (Å²) >= 11 is 6.23. The van der Waals surface area contributed by atoms with Gasteiger partial charge in [0.15, 0.2) is 11.7 Å². The molecule has 0 saturated carbocycles. The van der Waals surface area contributed by atoms with E-state index in [1.807, 2.05) is 47.4 Å². The zero-order valence-electron chi connectivity index (χ0n) is 17.6. The lowest BCUT2D eigenvalue weighted by molar-refractivity contribution is -0.132. The summed E-state index contributed by atoms with van der Waals surface area (Å²) in [7, 11) is 3.26. The Kier molecular flexibility index (Phi) is 6.47. The van der Waals surface area contributed by atoms with Gasteiger partial charge in [0.25, 0.3) is 0 Å². The average molecular weight is 441 g/mol. The number of hydrogen-bond donors (Lipinski definition) is 0. The van der Waals surface area contributed by atoms with Gasteiger partial charge in [-0.2, -0.15) is 0 Å². The Morgan fingerprint density at radius 3 is 2.84 bits per heavy atom. The van der Waals surface area contributed by atoms with Crippen molar-refractivity contribution in [2.75, 3.05) is 20.8 Å². The molecule has 1 fully saturated rings. The molecule has 0 spiro atoms. The van der Waals surface area contributed by atoms with Crippen LogP contribution in [0.3, 0.4) is 0 Å². The topological polar surface area (TPSA) is 64.8 Å². The molecule has 3 aromatic rings. The molecule has 0 radical (unpaired) electrons. The fraction of sp³-hybridized carbons (Fsp3) is 0.333. The average Bonchev–Trinajstić information content (AvgIpc) is 3.47. The van der Waals surface area contributed by atoms with Gasteiger partial charge in [-0.1, -0.05) is 23.7 Å². The molecule has 1 aliphatic heterocycles. The van der Waals surface area contributed by atoms with E-state index in [-0.39, 0.29) is 11.9 Å². The molecule has 0 bridgehead atoms. The van der Waals surface area contributed by atoms with Crippen molar-refractivity contribution in [1.82, 2.24) is 9.88 Å². The molecule has 0 N–H and O–H groups in total. The van der Waals surface area contributed by atoms with Crippen LogP contribution in [0.25, 0.3) is 11.3 Å². The maximum atomic E-state index is 13.0. The van der Waals surface area contributed by atoms with Crippen LogP contribution >= 0.6 is 11.6 Å². The molecule has 6 nitrogen and oxygen atoms in total. The van der Waals surface area contributed by atoms with Gasteiger partial charge in [-0.15, -0.1) is 0 Å². The van der Waals surface area contributed by atoms with E-state index in [0.717, 1.165) is 42.0 Å². The largest absolute Gasteiger partial charge is 0.497 e. The van der Waals surface area contributed by atoms with E-state index in [1.54, 1.807) is 20.4 Å². The Labute approximate surface area is 186 Å². The standard InChI is InChI=1S/C24H25ClN2O4/c1-29-16-9-10-18(21(14-16)30-2)20-8-5-13-27(20)24(28)12-11-23-26-15-22(31-23)17-6-3-4-7-19(17)25/h3-4,6-7,9-10,14-15,20H,5,8,11-13H2,1-2H3/t20-/m1/s1. The number of rotatable bonds is 7. The van der Waals surface area contributed by atoms with Gasteiger partial charge >= 0.3 is 0 Å². The summed E-state index contributed by atoms with van der Waals surface area (Å²) in [6, 6.07) is 13.2. The van der Waals surface area contributed by atoms with Gasteiger partial charge in [-0.05, 0) is 37.1 Å². The third-order valence-corrected chi connectivity index (χ3v) is 5.95. The molecule has 1 aliphatic rings. The lowest BCUT2D eigenvalue weighted by Gasteiger charge is -2.26. The van der Waals surface area contributed by atoms with Crippen LogP contribution in [0.2, 0.25) is 5.02 Å². The SMILES string of the molecule is COc1ccc([C@H]2CCCN2C(=O)CCc2ncc(-c3ccccc3Cl)o2)c(OC)c1. The van der Waals surface area contributed by atoms with Crippen molar-refractivity contribution in [2.24, 2.45) is 0 Å². The van der Waals surface area contributed by atoms with E-state index in [9.17, 15) is 4.79 Å². The summed E-state index contributed by atoms with van der Waals surface area (Å²) in [4.78, 5) is 19.3. The summed E-state index contributed by atoms with van der Waals surface area (Å²) in [5.41, 5.74) is 1.80. The Hall–Kier alpha value is -2.99. The molecule has 7 heteroatoms. The monoisotopic (exact) mass is 440 g/mol. The normalized spacial score (nSPS) is 15.8. The second kappa shape index (κ2) is 9.43. The molecule has 31 heavy (non-hydrogen) atoms. The van der Waals surface area contributed by atoms with Crippen LogP contribution in [0.1, 0.15) is 36.8 Å². The minimum Gasteiger partial charge on any atom is -0.497 e. The molecule has 1 amide bonds. The number of halogens is 1. The Morgan fingerprint density at radius 1 is 1.23 bits per heavy atom. The third-order valence-electron chi connectivity index (χ3n) is 5.62. The summed E-state index contributed by atoms with van der Waals surface area (Å²) in [5.74, 6) is 2.69. The minimum atomic E-state index is -0.00315. The number of hydrogen-bond acceptors (Lipinski definition) is 5. The molecule has 1 aromatic heterocycles. The highest BCUT2D eigenvalue weighted by Crippen LogP contribution is 2.39. The summed E-state index contributed by atoms with van der Waals surface area (Å²) < 4.78 is 16.7. The van der Waals surface area contributed by atoms with Gasteiger partial charge in [0, 0.05) is 36.6 Å². The molecule has 0 aliphatic carbocycles. The van der Waals surface area contributed by atoms with Crippen molar-refractivity contribution in [3.8, 4) is 22.8 Å². The Bertz CT molecular complexity index is 1070. The first-order valence-electron chi connectivity index (χ1n) is 10.3. The van der Waals surface area contributed by atoms with Gasteiger partial charge < -0.3 is 18.8 Å². The highest BCUT2D eigenvalue weighted by molar-refractivity contribution is 6.33. The van der Waals surface area contributed by atoms with Crippen LogP contribution in [0.4, 0.5) is 0 Å². The van der Waals surface area contributed by atoms with E-state index >= 15 is 0 Å². The van der Waals surface area contributed by atoms with E-state index in [1.165, 1.54) is 0 Å². The number of aromatic nitrogens is 1. The Balaban J connectivity index is 1.44. The molecular weight excluding hydrogens is 416 g/mol. The first-order valence-corrected chi connectivity index (χ1v) is 10.7. The fourth-order valence-electron chi connectivity index (χ4n) is 4.05. The van der Waals surface area contributed by atoms with Crippen LogP contribution in [0.15, 0.2) is 53.1 Å². The number of carbonyl (C=O) groups is 1. The van der Waals surface area contributed by atoms with Crippen LogP contribution in [-0.4, -0.2) is 36.6 Å². The van der Waals surface area contributed by atoms with Crippen molar-refractivity contribution in [3.63, 3.8) is 0 Å². The number of aryl methyl sites for hydroxylation is 1. The van der Waals surface area contributed by atoms with Crippen LogP contribution in [0, 0.1) is 0 Å². The van der Waals surface area contributed by atoms with Crippen molar-refractivity contribution >= 4 is 17.5 Å². The van der Waals surface area contributed by atoms with Crippen LogP contribution in [-0.2, 0) is 11.2 Å². The van der Waals surface area contributed by atoms with Gasteiger partial charge in [0.1, 0.15) is 11.5 Å². The van der Waals surface area contributed by atoms with E-state index < -0.39 is 0 Å². The number of likely N-dealkylation sites (tertiary alicyclic amines) is 1. The molecule has 4 rings (SSSR count). The summed E-state index contributed by atoms with van der Waals surface area (Å²) in [6.45, 7) is 0.731. The molecule has 0 unspecified atom stereocenters. The molecule has 2 heterocycles. The zero-order valence-corrected chi connectivity index (χ0v) is 18.4. The second-order valence-electron chi connectivity index (χ2n) is 7.45. The van der Waals surface area contributed by atoms with Gasteiger partial charge in [-0.3, -0.25) is 4.79 Å². The molecule has 162 valence electrons. The van der Waals surface area contributed by atoms with Gasteiger partial charge in [-0.25, -0.2) is 4.98 Å². The fourth-order valence-corrected chi connectivity index (χ4v) is 4.28. The van der Waals surface area contributed by atoms with Gasteiger partial charge in [0.05, 0.1) is 31.5 Å². The predicted octanol–water partition coefficient (Wildman–Crippen LogP) is 5.31. The lowest BCUT2D eigenvalue weighted by atomic mass is 10.0. The maximum Gasteiger partial charge on any atom is 0.223 e. The zero-order chi connectivity index (χ0) is 21.8. The smallest absolute Gasteiger partial charge is 0.223 e. The molecule has 1 atom stereocenters. The highest BCUT2D eigenvalue weighted by Gasteiger charge is 2.32. The van der Waals surface area contributed by atoms with Crippen molar-refractivity contribution in [2.45, 2.75) is 31.7 Å². The highest BCUT2D eigenvalue weighted by atomic mass is 35.5. The number of methoxy groups -OCH3 is 2. The number of oxazole rings is 1. The van der Waals surface area contributed by atoms with Crippen molar-refractivity contribution in [3.05, 3.63) is 65.1 Å². The number of amides is 1. The van der Waals surface area contributed by atoms with E-state index in [4.69, 9.17) is 25.5 Å². The molecule has 2 aromatic carbocycles. The number of nitrogens with zero attached hydrogens (tertiary/aromatic N) is 2. The van der Waals surface area contributed by atoms with Gasteiger partial charge in [0.2, 0.25) is 5.91 Å². The van der Waals surface area contributed by atoms with Crippen molar-refractivity contribution in [1.29, 1.82) is 0 Å². The van der Waals surface area contributed by atoms with Crippen LogP contribution in [0.5, 0.6) is 11.5 Å². The second-order valence-corrected chi connectivity index (χ2v) is 7.86. The molecule has 1 saturated heterocycles. The lowest BCUT2D eigenvalue weighted by Crippen LogP contribution is -2.31. The van der Waals surface area contributed by atoms with E-state index in [0.29, 0.717) is 29.5 Å². The first kappa shape index (κ1) is 21.2. The Morgan fingerprint density at radius 2 is 2.06 bits per heavy atom. The molecular formula is C24H25ClN2O4. The summed E-state index contributed by atoms with van der Waals surface area (Å²) in [6.07, 6.45) is 4.29. The number of carbonyl (C=O) groups excluding carboxylic acids is 1. The number of ether oxygens (including phenoxy) is 2. The van der Waals surface area contributed by atoms with Crippen LogP contribution < -0.4 is 9.47 Å². The quantitative estimate of drug-likeness (QED) is 0.498. The van der Waals surface area contributed by atoms with E-state index in [2.05, 4.69) is 4.98 Å². The predicted molar refractivity (Wildman–Crippen MR) is 119 cm³/mol. The maximum absolute atomic E-state index is 13.0. The number of benzene rings is 2. The first-order chi connectivity index (χ1) is 15.1. The summed E-state index contributed by atoms with van der Waals surface area (Å²) in [5, 5.41) is 0.606. The third kappa shape index (κ3) is 4.54. The minimum absolute atomic E-state index is 0.00315. The van der Waals surface area contributed by atoms with Crippen molar-refractivity contribution < 1.29 is 18.7 Å².